The fraction of sp³-hybridized carbons (Fsp3) is 0.200. The lowest BCUT2D eigenvalue weighted by Gasteiger charge is -2.14. The fourth-order valence-corrected chi connectivity index (χ4v) is 3.20. The molecular formula is C20H18Cl2N2O4. The Morgan fingerprint density at radius 1 is 1.07 bits per heavy atom. The van der Waals surface area contributed by atoms with Crippen molar-refractivity contribution in [2.45, 2.75) is 13.8 Å². The van der Waals surface area contributed by atoms with E-state index >= 15 is 0 Å². The Hall–Kier alpha value is -2.70. The number of amides is 2. The SMILES string of the molecule is CCOc1cc(/C=C2/C(=O)NN(c3cccc(Cl)c3)C2=O)cc(Cl)c1OCC. The third-order valence-corrected chi connectivity index (χ3v) is 4.41. The lowest BCUT2D eigenvalue weighted by molar-refractivity contribution is -0.117. The molecule has 2 aromatic carbocycles. The smallest absolute Gasteiger partial charge is 0.282 e. The average molecular weight is 421 g/mol. The van der Waals surface area contributed by atoms with E-state index in [1.807, 2.05) is 13.8 Å². The van der Waals surface area contributed by atoms with Crippen LogP contribution in [0.25, 0.3) is 6.08 Å². The first-order chi connectivity index (χ1) is 13.4. The molecule has 0 spiro atoms. The monoisotopic (exact) mass is 420 g/mol. The number of benzene rings is 2. The van der Waals surface area contributed by atoms with Crippen molar-refractivity contribution in [2.24, 2.45) is 0 Å². The van der Waals surface area contributed by atoms with Crippen LogP contribution in [0.3, 0.4) is 0 Å². The van der Waals surface area contributed by atoms with Crippen LogP contribution in [0, 0.1) is 0 Å². The molecule has 1 heterocycles. The van der Waals surface area contributed by atoms with Gasteiger partial charge in [-0.25, -0.2) is 5.01 Å². The van der Waals surface area contributed by atoms with E-state index in [9.17, 15) is 9.59 Å². The van der Waals surface area contributed by atoms with E-state index in [2.05, 4.69) is 5.43 Å². The minimum absolute atomic E-state index is 0.0253. The van der Waals surface area contributed by atoms with Crippen LogP contribution in [0.4, 0.5) is 5.69 Å². The maximum Gasteiger partial charge on any atom is 0.282 e. The first-order valence-electron chi connectivity index (χ1n) is 8.66. The second kappa shape index (κ2) is 8.54. The maximum atomic E-state index is 12.7. The molecule has 1 fully saturated rings. The van der Waals surface area contributed by atoms with Gasteiger partial charge in [0.2, 0.25) is 0 Å². The molecule has 0 aromatic heterocycles. The number of ether oxygens (including phenoxy) is 2. The van der Waals surface area contributed by atoms with Crippen LogP contribution in [0.5, 0.6) is 11.5 Å². The molecule has 1 aliphatic heterocycles. The average Bonchev–Trinajstić information content (AvgIpc) is 2.93. The molecule has 0 unspecified atom stereocenters. The molecule has 6 nitrogen and oxygen atoms in total. The topological polar surface area (TPSA) is 67.9 Å². The third-order valence-electron chi connectivity index (χ3n) is 3.89. The van der Waals surface area contributed by atoms with Crippen molar-refractivity contribution in [2.75, 3.05) is 18.2 Å². The molecule has 1 aliphatic rings. The van der Waals surface area contributed by atoms with Gasteiger partial charge < -0.3 is 9.47 Å². The number of rotatable bonds is 6. The van der Waals surface area contributed by atoms with Gasteiger partial charge in [-0.05, 0) is 55.8 Å². The summed E-state index contributed by atoms with van der Waals surface area (Å²) >= 11 is 12.3. The second-order valence-corrected chi connectivity index (χ2v) is 6.66. The standard InChI is InChI=1S/C20H18Cl2N2O4/c1-3-27-17-10-12(9-16(22)18(17)28-4-2)8-15-19(25)23-24(20(15)26)14-7-5-6-13(21)11-14/h5-11H,3-4H2,1-2H3,(H,23,25)/b15-8-. The number of anilines is 1. The van der Waals surface area contributed by atoms with Crippen LogP contribution in [0.1, 0.15) is 19.4 Å². The van der Waals surface area contributed by atoms with Gasteiger partial charge >= 0.3 is 0 Å². The molecule has 0 bridgehead atoms. The summed E-state index contributed by atoms with van der Waals surface area (Å²) in [6.07, 6.45) is 1.46. The summed E-state index contributed by atoms with van der Waals surface area (Å²) in [5, 5.41) is 1.94. The number of nitrogens with zero attached hydrogens (tertiary/aromatic N) is 1. The number of carbonyl (C=O) groups excluding carboxylic acids is 2. The highest BCUT2D eigenvalue weighted by Gasteiger charge is 2.34. The Morgan fingerprint density at radius 2 is 1.82 bits per heavy atom. The van der Waals surface area contributed by atoms with Crippen LogP contribution >= 0.6 is 23.2 Å². The first-order valence-corrected chi connectivity index (χ1v) is 9.42. The highest BCUT2D eigenvalue weighted by molar-refractivity contribution is 6.34. The minimum Gasteiger partial charge on any atom is -0.490 e. The van der Waals surface area contributed by atoms with Crippen molar-refractivity contribution < 1.29 is 19.1 Å². The summed E-state index contributed by atoms with van der Waals surface area (Å²) in [7, 11) is 0. The normalized spacial score (nSPS) is 15.1. The van der Waals surface area contributed by atoms with Crippen LogP contribution < -0.4 is 19.9 Å². The predicted molar refractivity (Wildman–Crippen MR) is 109 cm³/mol. The van der Waals surface area contributed by atoms with Gasteiger partial charge in [-0.1, -0.05) is 29.3 Å². The Balaban J connectivity index is 1.96. The Morgan fingerprint density at radius 3 is 2.50 bits per heavy atom. The van der Waals surface area contributed by atoms with Gasteiger partial charge in [-0.15, -0.1) is 0 Å². The highest BCUT2D eigenvalue weighted by Crippen LogP contribution is 2.37. The van der Waals surface area contributed by atoms with E-state index in [0.717, 1.165) is 5.01 Å². The molecule has 2 aromatic rings. The van der Waals surface area contributed by atoms with Gasteiger partial charge in [0.05, 0.1) is 23.9 Å². The van der Waals surface area contributed by atoms with Crippen LogP contribution in [0.2, 0.25) is 10.0 Å². The van der Waals surface area contributed by atoms with E-state index in [1.54, 1.807) is 36.4 Å². The quantitative estimate of drug-likeness (QED) is 0.560. The predicted octanol–water partition coefficient (Wildman–Crippen LogP) is 4.25. The number of nitrogens with one attached hydrogen (secondary N) is 1. The Labute approximate surface area is 172 Å². The van der Waals surface area contributed by atoms with E-state index in [0.29, 0.717) is 46.0 Å². The minimum atomic E-state index is -0.520. The summed E-state index contributed by atoms with van der Waals surface area (Å²) in [4.78, 5) is 25.1. The largest absolute Gasteiger partial charge is 0.490 e. The van der Waals surface area contributed by atoms with Gasteiger partial charge in [0, 0.05) is 5.02 Å². The van der Waals surface area contributed by atoms with Gasteiger partial charge in [0.25, 0.3) is 11.8 Å². The van der Waals surface area contributed by atoms with Crippen molar-refractivity contribution in [3.05, 3.63) is 57.6 Å². The van der Waals surface area contributed by atoms with Crippen LogP contribution in [-0.4, -0.2) is 25.0 Å². The molecule has 0 aliphatic carbocycles. The highest BCUT2D eigenvalue weighted by atomic mass is 35.5. The van der Waals surface area contributed by atoms with Gasteiger partial charge in [-0.3, -0.25) is 15.0 Å². The molecule has 2 amide bonds. The van der Waals surface area contributed by atoms with Crippen LogP contribution in [-0.2, 0) is 9.59 Å². The summed E-state index contributed by atoms with van der Waals surface area (Å²) in [6, 6.07) is 9.93. The summed E-state index contributed by atoms with van der Waals surface area (Å²) in [6.45, 7) is 4.52. The molecule has 28 heavy (non-hydrogen) atoms. The number of halogens is 2. The Kier molecular flexibility index (Phi) is 6.11. The van der Waals surface area contributed by atoms with Crippen molar-refractivity contribution in [1.82, 2.24) is 5.43 Å². The molecule has 3 rings (SSSR count). The summed E-state index contributed by atoms with van der Waals surface area (Å²) in [5.74, 6) is -0.139. The van der Waals surface area contributed by atoms with Crippen molar-refractivity contribution in [3.63, 3.8) is 0 Å². The number of hydrazine groups is 1. The number of carbonyl (C=O) groups is 2. The molecule has 0 radical (unpaired) electrons. The summed E-state index contributed by atoms with van der Waals surface area (Å²) < 4.78 is 11.1. The molecular weight excluding hydrogens is 403 g/mol. The van der Waals surface area contributed by atoms with Crippen LogP contribution in [0.15, 0.2) is 42.0 Å². The van der Waals surface area contributed by atoms with Crippen molar-refractivity contribution in [1.29, 1.82) is 0 Å². The second-order valence-electron chi connectivity index (χ2n) is 5.82. The number of hydrogen-bond acceptors (Lipinski definition) is 4. The zero-order valence-corrected chi connectivity index (χ0v) is 16.8. The van der Waals surface area contributed by atoms with E-state index in [-0.39, 0.29) is 5.57 Å². The third kappa shape index (κ3) is 4.08. The van der Waals surface area contributed by atoms with Gasteiger partial charge in [0.15, 0.2) is 11.5 Å². The molecule has 8 heteroatoms. The molecule has 1 N–H and O–H groups in total. The number of hydrogen-bond donors (Lipinski definition) is 1. The summed E-state index contributed by atoms with van der Waals surface area (Å²) in [5.41, 5.74) is 3.52. The van der Waals surface area contributed by atoms with E-state index < -0.39 is 11.8 Å². The fourth-order valence-electron chi connectivity index (χ4n) is 2.74. The molecule has 0 saturated carbocycles. The first kappa shape index (κ1) is 20.0. The zero-order chi connectivity index (χ0) is 20.3. The maximum absolute atomic E-state index is 12.7. The lowest BCUT2D eigenvalue weighted by Crippen LogP contribution is -2.35. The Bertz CT molecular complexity index is 959. The molecule has 0 atom stereocenters. The molecule has 1 saturated heterocycles. The lowest BCUT2D eigenvalue weighted by atomic mass is 10.1. The van der Waals surface area contributed by atoms with Crippen molar-refractivity contribution in [3.8, 4) is 11.5 Å². The van der Waals surface area contributed by atoms with E-state index in [4.69, 9.17) is 32.7 Å². The van der Waals surface area contributed by atoms with Crippen molar-refractivity contribution >= 4 is 46.8 Å². The van der Waals surface area contributed by atoms with Gasteiger partial charge in [0.1, 0.15) is 5.57 Å². The molecule has 146 valence electrons. The zero-order valence-electron chi connectivity index (χ0n) is 15.3. The van der Waals surface area contributed by atoms with Gasteiger partial charge in [-0.2, -0.15) is 0 Å². The van der Waals surface area contributed by atoms with E-state index in [1.165, 1.54) is 6.08 Å².